The van der Waals surface area contributed by atoms with E-state index in [1.807, 2.05) is 49.6 Å². The number of hydrogen-bond acceptors (Lipinski definition) is 7. The summed E-state index contributed by atoms with van der Waals surface area (Å²) in [5.74, 6) is 0.814. The third-order valence-electron chi connectivity index (χ3n) is 7.46. The van der Waals surface area contributed by atoms with Crippen molar-refractivity contribution in [3.05, 3.63) is 64.0 Å². The van der Waals surface area contributed by atoms with E-state index in [-0.39, 0.29) is 11.8 Å². The summed E-state index contributed by atoms with van der Waals surface area (Å²) in [5.41, 5.74) is 5.49. The molecule has 39 heavy (non-hydrogen) atoms. The Morgan fingerprint density at radius 1 is 1.08 bits per heavy atom. The van der Waals surface area contributed by atoms with Gasteiger partial charge in [-0.25, -0.2) is 4.98 Å². The molecular weight excluding hydrogens is 534 g/mol. The smallest absolute Gasteiger partial charge is 0.306 e. The number of aliphatic carboxylic acids is 1. The molecule has 0 unspecified atom stereocenters. The summed E-state index contributed by atoms with van der Waals surface area (Å²) in [6.07, 6.45) is 1.26. The average Bonchev–Trinajstić information content (AvgIpc) is 3.43. The van der Waals surface area contributed by atoms with Gasteiger partial charge in [0.2, 0.25) is 0 Å². The van der Waals surface area contributed by atoms with Crippen LogP contribution in [-0.2, 0) is 22.2 Å². The van der Waals surface area contributed by atoms with Crippen molar-refractivity contribution < 1.29 is 23.6 Å². The van der Waals surface area contributed by atoms with Crippen LogP contribution < -0.4 is 9.64 Å². The lowest BCUT2D eigenvalue weighted by atomic mass is 9.97. The summed E-state index contributed by atoms with van der Waals surface area (Å²) in [6, 6.07) is 11.8. The maximum absolute atomic E-state index is 12.9. The first kappa shape index (κ1) is 27.3. The maximum Gasteiger partial charge on any atom is 0.306 e. The van der Waals surface area contributed by atoms with Crippen LogP contribution in [0.15, 0.2) is 41.8 Å². The molecule has 0 spiro atoms. The van der Waals surface area contributed by atoms with E-state index in [1.165, 1.54) is 0 Å². The van der Waals surface area contributed by atoms with Crippen molar-refractivity contribution >= 4 is 39.1 Å². The predicted molar refractivity (Wildman–Crippen MR) is 154 cm³/mol. The lowest BCUT2D eigenvalue weighted by Gasteiger charge is -2.29. The molecule has 0 bridgehead atoms. The number of anilines is 1. The minimum Gasteiger partial charge on any atom is -0.488 e. The molecule has 0 aliphatic carbocycles. The van der Waals surface area contributed by atoms with Gasteiger partial charge < -0.3 is 19.6 Å². The van der Waals surface area contributed by atoms with Gasteiger partial charge in [-0.2, -0.15) is 0 Å². The molecule has 206 valence electrons. The summed E-state index contributed by atoms with van der Waals surface area (Å²) in [6.45, 7) is 6.83. The molecular formula is C29H33N3O5S2. The second-order valence-corrected chi connectivity index (χ2v) is 12.7. The summed E-state index contributed by atoms with van der Waals surface area (Å²) in [7, 11) is -0.820. The van der Waals surface area contributed by atoms with E-state index in [0.29, 0.717) is 62.7 Å². The molecule has 0 radical (unpaired) electrons. The monoisotopic (exact) mass is 567 g/mol. The molecule has 8 nitrogen and oxygen atoms in total. The molecule has 1 N–H and O–H groups in total. The van der Waals surface area contributed by atoms with Gasteiger partial charge in [0, 0.05) is 65.0 Å². The summed E-state index contributed by atoms with van der Waals surface area (Å²) in [5, 5.41) is 12.2. The van der Waals surface area contributed by atoms with Gasteiger partial charge in [0.05, 0.1) is 11.6 Å². The van der Waals surface area contributed by atoms with Gasteiger partial charge >= 0.3 is 5.97 Å². The van der Waals surface area contributed by atoms with Crippen molar-refractivity contribution in [2.24, 2.45) is 5.92 Å². The van der Waals surface area contributed by atoms with Gasteiger partial charge in [-0.1, -0.05) is 17.7 Å². The summed E-state index contributed by atoms with van der Waals surface area (Å²) >= 11 is 1.57. The second-order valence-electron chi connectivity index (χ2n) is 10.2. The zero-order chi connectivity index (χ0) is 27.5. The third kappa shape index (κ3) is 6.33. The van der Waals surface area contributed by atoms with Gasteiger partial charge in [0.15, 0.2) is 5.13 Å². The SMILES string of the molecule is Cc1ccc(OCc2ccc(C(=O)N3CCS(=O)CC3)cc2C)c(-c2csc(N3CCC(C(=O)O)CC3)n2)c1. The third-order valence-corrected chi connectivity index (χ3v) is 9.63. The Morgan fingerprint density at radius 2 is 1.82 bits per heavy atom. The molecule has 10 heteroatoms. The van der Waals surface area contributed by atoms with Crippen LogP contribution >= 0.6 is 11.3 Å². The molecule has 0 atom stereocenters. The van der Waals surface area contributed by atoms with Gasteiger partial charge in [0.1, 0.15) is 12.4 Å². The number of nitrogens with zero attached hydrogens (tertiary/aromatic N) is 3. The van der Waals surface area contributed by atoms with Gasteiger partial charge in [-0.3, -0.25) is 13.8 Å². The molecule has 2 aliphatic rings. The van der Waals surface area contributed by atoms with Crippen molar-refractivity contribution in [1.29, 1.82) is 0 Å². The van der Waals surface area contributed by atoms with Crippen LogP contribution in [0, 0.1) is 19.8 Å². The van der Waals surface area contributed by atoms with Crippen molar-refractivity contribution in [3.8, 4) is 17.0 Å². The van der Waals surface area contributed by atoms with Crippen LogP contribution in [0.4, 0.5) is 5.13 Å². The van der Waals surface area contributed by atoms with Gasteiger partial charge in [-0.15, -0.1) is 11.3 Å². The van der Waals surface area contributed by atoms with Crippen LogP contribution in [0.2, 0.25) is 0 Å². The van der Waals surface area contributed by atoms with Crippen molar-refractivity contribution in [2.45, 2.75) is 33.3 Å². The fourth-order valence-electron chi connectivity index (χ4n) is 4.99. The Kier molecular flexibility index (Phi) is 8.32. The van der Waals surface area contributed by atoms with Crippen molar-refractivity contribution in [3.63, 3.8) is 0 Å². The fraction of sp³-hybridized carbons (Fsp3) is 0.414. The first-order chi connectivity index (χ1) is 18.8. The number of aromatic nitrogens is 1. The number of carboxylic acid groups (broad SMARTS) is 1. The highest BCUT2D eigenvalue weighted by Crippen LogP contribution is 2.36. The first-order valence-electron chi connectivity index (χ1n) is 13.2. The number of aryl methyl sites for hydroxylation is 2. The van der Waals surface area contributed by atoms with Crippen LogP contribution in [0.1, 0.15) is 39.9 Å². The van der Waals surface area contributed by atoms with Crippen LogP contribution in [0.5, 0.6) is 5.75 Å². The van der Waals surface area contributed by atoms with Crippen molar-refractivity contribution in [1.82, 2.24) is 9.88 Å². The lowest BCUT2D eigenvalue weighted by Crippen LogP contribution is -2.41. The van der Waals surface area contributed by atoms with E-state index in [4.69, 9.17) is 9.72 Å². The Bertz CT molecular complexity index is 1390. The number of carbonyl (C=O) groups excluding carboxylic acids is 1. The highest BCUT2D eigenvalue weighted by atomic mass is 32.2. The number of ether oxygens (including phenoxy) is 1. The van der Waals surface area contributed by atoms with Gasteiger partial charge in [-0.05, 0) is 62.1 Å². The van der Waals surface area contributed by atoms with Crippen LogP contribution in [0.3, 0.4) is 0 Å². The average molecular weight is 568 g/mol. The Morgan fingerprint density at radius 3 is 2.51 bits per heavy atom. The number of piperidine rings is 1. The molecule has 5 rings (SSSR count). The predicted octanol–water partition coefficient (Wildman–Crippen LogP) is 4.51. The lowest BCUT2D eigenvalue weighted by molar-refractivity contribution is -0.142. The minimum atomic E-state index is -0.820. The second kappa shape index (κ2) is 11.9. The zero-order valence-corrected chi connectivity index (χ0v) is 23.9. The molecule has 2 fully saturated rings. The van der Waals surface area contributed by atoms with E-state index in [0.717, 1.165) is 38.8 Å². The number of rotatable bonds is 7. The maximum atomic E-state index is 12.9. The highest BCUT2D eigenvalue weighted by Gasteiger charge is 2.26. The summed E-state index contributed by atoms with van der Waals surface area (Å²) in [4.78, 5) is 33.0. The van der Waals surface area contributed by atoms with Gasteiger partial charge in [0.25, 0.3) is 5.91 Å². The molecule has 2 aromatic carbocycles. The zero-order valence-electron chi connectivity index (χ0n) is 22.2. The molecule has 3 aromatic rings. The Balaban J connectivity index is 1.27. The molecule has 2 aliphatic heterocycles. The summed E-state index contributed by atoms with van der Waals surface area (Å²) < 4.78 is 17.9. The number of hydrogen-bond donors (Lipinski definition) is 1. The molecule has 2 saturated heterocycles. The van der Waals surface area contributed by atoms with Crippen LogP contribution in [0.25, 0.3) is 11.3 Å². The van der Waals surface area contributed by atoms with E-state index < -0.39 is 16.8 Å². The minimum absolute atomic E-state index is 0.0189. The largest absolute Gasteiger partial charge is 0.488 e. The Hall–Kier alpha value is -3.24. The Labute approximate surface area is 235 Å². The molecule has 1 amide bonds. The quantitative estimate of drug-likeness (QED) is 0.448. The van der Waals surface area contributed by atoms with E-state index in [9.17, 15) is 18.9 Å². The number of benzene rings is 2. The molecule has 0 saturated carbocycles. The normalized spacial score (nSPS) is 16.9. The topological polar surface area (TPSA) is 100 Å². The molecule has 1 aromatic heterocycles. The van der Waals surface area contributed by atoms with Crippen molar-refractivity contribution in [2.75, 3.05) is 42.6 Å². The fourth-order valence-corrected chi connectivity index (χ4v) is 6.92. The van der Waals surface area contributed by atoms with E-state index >= 15 is 0 Å². The molecule has 3 heterocycles. The number of thiazole rings is 1. The van der Waals surface area contributed by atoms with Crippen LogP contribution in [-0.4, -0.2) is 68.8 Å². The highest BCUT2D eigenvalue weighted by molar-refractivity contribution is 7.85. The number of carboxylic acids is 1. The van der Waals surface area contributed by atoms with E-state index in [2.05, 4.69) is 11.0 Å². The van der Waals surface area contributed by atoms with E-state index in [1.54, 1.807) is 16.2 Å². The standard InChI is InChI=1S/C29H33N3O5S2/c1-19-3-6-26(24(15-19)25-18-38-29(30-25)32-9-7-21(8-10-32)28(34)35)37-17-23-5-4-22(16-20(23)2)27(33)31-11-13-39(36)14-12-31/h3-6,15-16,18,21H,7-14,17H2,1-2H3,(H,34,35). The first-order valence-corrected chi connectivity index (χ1v) is 15.6. The number of amides is 1. The number of carbonyl (C=O) groups is 2.